The third-order valence-corrected chi connectivity index (χ3v) is 11.1. The van der Waals surface area contributed by atoms with Crippen molar-refractivity contribution < 1.29 is 24.2 Å². The topological polar surface area (TPSA) is 105 Å². The van der Waals surface area contributed by atoms with Crippen LogP contribution in [0.5, 0.6) is 11.5 Å². The van der Waals surface area contributed by atoms with Gasteiger partial charge in [0.2, 0.25) is 5.43 Å². The Bertz CT molecular complexity index is 1850. The minimum absolute atomic E-state index is 0.00210. The highest BCUT2D eigenvalue weighted by molar-refractivity contribution is 6.23. The fourth-order valence-corrected chi connectivity index (χ4v) is 8.16. The van der Waals surface area contributed by atoms with E-state index in [2.05, 4.69) is 59.8 Å². The second-order valence-corrected chi connectivity index (χ2v) is 15.8. The number of benzene rings is 1. The Morgan fingerprint density at radius 3 is 1.98 bits per heavy atom. The zero-order valence-electron chi connectivity index (χ0n) is 31.3. The molecule has 1 aromatic heterocycles. The Balaban J connectivity index is 2.14. The third-order valence-electron chi connectivity index (χ3n) is 11.1. The largest absolute Gasteiger partial charge is 0.504 e. The van der Waals surface area contributed by atoms with Crippen molar-refractivity contribution in [3.8, 4) is 11.5 Å². The smallest absolute Gasteiger partial charge is 0.204 e. The summed E-state index contributed by atoms with van der Waals surface area (Å²) in [6.07, 6.45) is 15.5. The van der Waals surface area contributed by atoms with Crippen LogP contribution in [0.2, 0.25) is 0 Å². The van der Waals surface area contributed by atoms with Crippen LogP contribution in [0.3, 0.4) is 0 Å². The van der Waals surface area contributed by atoms with Crippen molar-refractivity contribution in [2.45, 2.75) is 126 Å². The van der Waals surface area contributed by atoms with E-state index in [1.165, 1.54) is 22.8 Å². The molecule has 6 heteroatoms. The van der Waals surface area contributed by atoms with Gasteiger partial charge < -0.3 is 14.6 Å². The van der Waals surface area contributed by atoms with E-state index in [-0.39, 0.29) is 46.8 Å². The molecular weight excluding hydrogens is 612 g/mol. The van der Waals surface area contributed by atoms with E-state index in [1.54, 1.807) is 0 Å². The van der Waals surface area contributed by atoms with E-state index in [0.717, 1.165) is 36.5 Å². The molecule has 4 atom stereocenters. The van der Waals surface area contributed by atoms with Crippen molar-refractivity contribution in [3.63, 3.8) is 0 Å². The minimum atomic E-state index is -1.45. The molecule has 0 unspecified atom stereocenters. The number of phenols is 2. The number of Topliss-reactive ketones (excluding diaryl/α,β-unsaturated/α-hetero) is 2. The van der Waals surface area contributed by atoms with Crippen LogP contribution < -0.4 is 5.43 Å². The van der Waals surface area contributed by atoms with Gasteiger partial charge in [-0.15, -0.1) is 0 Å². The van der Waals surface area contributed by atoms with E-state index < -0.39 is 39.0 Å². The summed E-state index contributed by atoms with van der Waals surface area (Å²) >= 11 is 0. The number of aromatic hydroxyl groups is 2. The number of carbonyl (C=O) groups is 2. The maximum absolute atomic E-state index is 15.7. The van der Waals surface area contributed by atoms with Crippen molar-refractivity contribution in [2.75, 3.05) is 0 Å². The molecule has 1 saturated carbocycles. The van der Waals surface area contributed by atoms with Crippen LogP contribution in [0, 0.1) is 16.7 Å². The summed E-state index contributed by atoms with van der Waals surface area (Å²) in [4.78, 5) is 45.1. The predicted octanol–water partition coefficient (Wildman–Crippen LogP) is 10.8. The van der Waals surface area contributed by atoms with Gasteiger partial charge in [-0.25, -0.2) is 0 Å². The van der Waals surface area contributed by atoms with Crippen LogP contribution in [0.25, 0.3) is 11.0 Å². The van der Waals surface area contributed by atoms with Crippen LogP contribution >= 0.6 is 0 Å². The number of hydrogen-bond acceptors (Lipinski definition) is 6. The zero-order valence-corrected chi connectivity index (χ0v) is 31.3. The molecule has 1 heterocycles. The molecule has 6 nitrogen and oxygen atoms in total. The molecule has 2 aliphatic carbocycles. The normalized spacial score (nSPS) is 24.7. The molecule has 1 fully saturated rings. The Morgan fingerprint density at radius 2 is 1.37 bits per heavy atom. The van der Waals surface area contributed by atoms with Crippen LogP contribution in [0.1, 0.15) is 137 Å². The third kappa shape index (κ3) is 6.93. The van der Waals surface area contributed by atoms with E-state index >= 15 is 9.59 Å². The second kappa shape index (κ2) is 14.5. The number of carbonyl (C=O) groups excluding carboxylic acids is 2. The molecule has 2 aromatic rings. The van der Waals surface area contributed by atoms with E-state index in [0.29, 0.717) is 19.3 Å². The van der Waals surface area contributed by atoms with Gasteiger partial charge in [0, 0.05) is 6.07 Å². The molecule has 0 saturated heterocycles. The SMILES string of the molecule is CC(C)=CCC/C(C)=C/C[C@H]1C[C@]2(CC=C(C)C)C(=O)c3c(oc4cc(O)c(O)cc4c3=O)[C@@](CC=C(C)C)(C2=O)[C@]1(C)CCC=C(C)C. The highest BCUT2D eigenvalue weighted by Gasteiger charge is 2.73. The first-order valence-electron chi connectivity index (χ1n) is 17.7. The molecule has 4 rings (SSSR count). The number of rotatable bonds is 12. The number of fused-ring (bicyclic) bond motifs is 5. The van der Waals surface area contributed by atoms with E-state index in [1.807, 2.05) is 39.8 Å². The summed E-state index contributed by atoms with van der Waals surface area (Å²) in [6, 6.07) is 2.36. The predicted molar refractivity (Wildman–Crippen MR) is 199 cm³/mol. The summed E-state index contributed by atoms with van der Waals surface area (Å²) in [6.45, 7) is 20.6. The Labute approximate surface area is 292 Å². The molecule has 2 bridgehead atoms. The summed E-state index contributed by atoms with van der Waals surface area (Å²) in [5.41, 5.74) is 1.60. The lowest BCUT2D eigenvalue weighted by Crippen LogP contribution is -2.68. The molecule has 0 amide bonds. The van der Waals surface area contributed by atoms with Crippen LogP contribution in [-0.4, -0.2) is 21.8 Å². The first-order valence-corrected chi connectivity index (χ1v) is 17.7. The van der Waals surface area contributed by atoms with Crippen molar-refractivity contribution in [1.29, 1.82) is 0 Å². The monoisotopic (exact) mass is 668 g/mol. The first kappa shape index (κ1) is 37.9. The molecule has 2 aliphatic rings. The van der Waals surface area contributed by atoms with E-state index in [4.69, 9.17) is 4.42 Å². The summed E-state index contributed by atoms with van der Waals surface area (Å²) in [5, 5.41) is 20.8. The van der Waals surface area contributed by atoms with Gasteiger partial charge in [0.1, 0.15) is 16.9 Å². The van der Waals surface area contributed by atoms with Crippen molar-refractivity contribution in [3.05, 3.63) is 91.9 Å². The highest BCUT2D eigenvalue weighted by atomic mass is 16.3. The molecular formula is C43H56O6. The standard InChI is InChI=1S/C43H56O6/c1-26(2)13-11-15-30(9)16-17-31-25-42(21-18-28(5)6)38(47)36-37(46)32-23-33(44)34(45)24-35(32)49-39(36)43(40(42)48,22-19-29(7)8)41(31,10)20-12-14-27(3)4/h13-14,16,18-19,23-24,31,44-45H,11-12,15,17,20-22,25H2,1-10H3/b30-16+/t31-,41+,42+,43-/m0/s1. The summed E-state index contributed by atoms with van der Waals surface area (Å²) < 4.78 is 6.61. The fourth-order valence-electron chi connectivity index (χ4n) is 8.16. The van der Waals surface area contributed by atoms with Gasteiger partial charge in [0.25, 0.3) is 0 Å². The minimum Gasteiger partial charge on any atom is -0.504 e. The first-order chi connectivity index (χ1) is 22.9. The lowest BCUT2D eigenvalue weighted by molar-refractivity contribution is -0.153. The Hall–Kier alpha value is -3.93. The molecule has 0 aliphatic heterocycles. The number of ketones is 2. The lowest BCUT2D eigenvalue weighted by Gasteiger charge is -2.61. The zero-order chi connectivity index (χ0) is 36.5. The molecule has 1 aromatic carbocycles. The van der Waals surface area contributed by atoms with E-state index in [9.17, 15) is 15.0 Å². The summed E-state index contributed by atoms with van der Waals surface area (Å²) in [5.74, 6) is -1.58. The second-order valence-electron chi connectivity index (χ2n) is 15.8. The molecule has 264 valence electrons. The highest BCUT2D eigenvalue weighted by Crippen LogP contribution is 2.67. The maximum Gasteiger partial charge on any atom is 0.204 e. The van der Waals surface area contributed by atoms with Crippen LogP contribution in [-0.2, 0) is 10.2 Å². The van der Waals surface area contributed by atoms with Gasteiger partial charge in [-0.1, -0.05) is 65.2 Å². The fraction of sp³-hybridized carbons (Fsp3) is 0.512. The maximum atomic E-state index is 15.7. The summed E-state index contributed by atoms with van der Waals surface area (Å²) in [7, 11) is 0. The van der Waals surface area contributed by atoms with Gasteiger partial charge in [0.15, 0.2) is 23.1 Å². The van der Waals surface area contributed by atoms with Gasteiger partial charge in [-0.05, 0) is 131 Å². The molecule has 49 heavy (non-hydrogen) atoms. The number of phenolic OH excluding ortho intramolecular Hbond substituents is 2. The van der Waals surface area contributed by atoms with Crippen molar-refractivity contribution in [2.24, 2.45) is 16.7 Å². The van der Waals surface area contributed by atoms with Gasteiger partial charge in [-0.2, -0.15) is 0 Å². The van der Waals surface area contributed by atoms with Gasteiger partial charge in [0.05, 0.1) is 16.2 Å². The Morgan fingerprint density at radius 1 is 0.796 bits per heavy atom. The average Bonchev–Trinajstić information content (AvgIpc) is 3.00. The van der Waals surface area contributed by atoms with Crippen molar-refractivity contribution >= 4 is 22.5 Å². The van der Waals surface area contributed by atoms with Gasteiger partial charge >= 0.3 is 0 Å². The molecule has 0 spiro atoms. The number of hydrogen-bond donors (Lipinski definition) is 2. The number of allylic oxidation sites excluding steroid dienone is 10. The Kier molecular flexibility index (Phi) is 11.2. The quantitative estimate of drug-likeness (QED) is 0.132. The molecule has 0 radical (unpaired) electrons. The van der Waals surface area contributed by atoms with Crippen LogP contribution in [0.4, 0.5) is 0 Å². The van der Waals surface area contributed by atoms with Gasteiger partial charge in [-0.3, -0.25) is 14.4 Å². The van der Waals surface area contributed by atoms with Crippen LogP contribution in [0.15, 0.2) is 79.6 Å². The lowest BCUT2D eigenvalue weighted by atomic mass is 9.38. The molecule has 2 N–H and O–H groups in total. The van der Waals surface area contributed by atoms with Crippen molar-refractivity contribution in [1.82, 2.24) is 0 Å². The average molecular weight is 669 g/mol.